The minimum Gasteiger partial charge on any atom is -0.461 e. The lowest BCUT2D eigenvalue weighted by atomic mass is 10.3. The lowest BCUT2D eigenvalue weighted by molar-refractivity contribution is 0.0520. The molecule has 0 atom stereocenters. The summed E-state index contributed by atoms with van der Waals surface area (Å²) in [7, 11) is 0. The molecule has 1 aliphatic rings. The van der Waals surface area contributed by atoms with Crippen LogP contribution in [0.15, 0.2) is 17.9 Å². The summed E-state index contributed by atoms with van der Waals surface area (Å²) >= 11 is 1.41. The van der Waals surface area contributed by atoms with Gasteiger partial charge in [0.05, 0.1) is 12.3 Å². The number of rotatable bonds is 4. The number of carbonyl (C=O) groups is 1. The lowest BCUT2D eigenvalue weighted by Gasteiger charge is -1.96. The van der Waals surface area contributed by atoms with E-state index in [1.807, 2.05) is 10.8 Å². The van der Waals surface area contributed by atoms with Crippen LogP contribution in [0.5, 0.6) is 0 Å². The molecule has 5 nitrogen and oxygen atoms in total. The molecule has 1 fully saturated rings. The fourth-order valence-electron chi connectivity index (χ4n) is 1.71. The Bertz CT molecular complexity index is 571. The molecule has 1 saturated carbocycles. The van der Waals surface area contributed by atoms with Crippen molar-refractivity contribution in [3.8, 4) is 5.13 Å². The minimum absolute atomic E-state index is 0.360. The normalized spacial score (nSPS) is 14.7. The van der Waals surface area contributed by atoms with Gasteiger partial charge in [0.1, 0.15) is 6.33 Å². The lowest BCUT2D eigenvalue weighted by Crippen LogP contribution is -2.05. The Hall–Kier alpha value is -1.69. The predicted molar refractivity (Wildman–Crippen MR) is 67.2 cm³/mol. The van der Waals surface area contributed by atoms with E-state index in [0.29, 0.717) is 18.2 Å². The van der Waals surface area contributed by atoms with Crippen LogP contribution in [-0.2, 0) is 4.74 Å². The highest BCUT2D eigenvalue weighted by Gasteiger charge is 2.26. The van der Waals surface area contributed by atoms with Gasteiger partial charge in [-0.15, -0.1) is 11.3 Å². The van der Waals surface area contributed by atoms with E-state index in [9.17, 15) is 4.79 Å². The second-order valence-electron chi connectivity index (χ2n) is 4.22. The first-order valence-electron chi connectivity index (χ1n) is 5.95. The van der Waals surface area contributed by atoms with Crippen molar-refractivity contribution >= 4 is 17.3 Å². The Kier molecular flexibility index (Phi) is 2.87. The van der Waals surface area contributed by atoms with Gasteiger partial charge in [0.25, 0.3) is 0 Å². The first-order chi connectivity index (χ1) is 8.78. The van der Waals surface area contributed by atoms with Crippen molar-refractivity contribution in [2.24, 2.45) is 0 Å². The molecule has 3 rings (SSSR count). The van der Waals surface area contributed by atoms with Crippen LogP contribution in [-0.4, -0.2) is 27.1 Å². The fraction of sp³-hybridized carbons (Fsp3) is 0.417. The average Bonchev–Trinajstić information content (AvgIpc) is 2.93. The number of hydrogen-bond acceptors (Lipinski definition) is 5. The minimum atomic E-state index is -0.373. The summed E-state index contributed by atoms with van der Waals surface area (Å²) in [6, 6.07) is 0. The Morgan fingerprint density at radius 3 is 3.17 bits per heavy atom. The topological polar surface area (TPSA) is 57.0 Å². The van der Waals surface area contributed by atoms with Gasteiger partial charge in [-0.1, -0.05) is 0 Å². The predicted octanol–water partition coefficient (Wildman–Crippen LogP) is 2.38. The highest BCUT2D eigenvalue weighted by Crippen LogP contribution is 2.39. The number of imidazole rings is 1. The maximum Gasteiger partial charge on any atom is 0.357 e. The first kappa shape index (κ1) is 11.4. The van der Waals surface area contributed by atoms with Crippen LogP contribution in [0.1, 0.15) is 41.9 Å². The number of esters is 1. The highest BCUT2D eigenvalue weighted by molar-refractivity contribution is 7.12. The summed E-state index contributed by atoms with van der Waals surface area (Å²) in [5.74, 6) is 0.248. The quantitative estimate of drug-likeness (QED) is 0.795. The van der Waals surface area contributed by atoms with Crippen molar-refractivity contribution in [1.82, 2.24) is 14.5 Å². The van der Waals surface area contributed by atoms with E-state index in [1.165, 1.54) is 24.2 Å². The molecule has 0 aromatic carbocycles. The Balaban J connectivity index is 1.80. The number of nitrogens with zero attached hydrogens (tertiary/aromatic N) is 3. The van der Waals surface area contributed by atoms with Crippen molar-refractivity contribution in [1.29, 1.82) is 0 Å². The van der Waals surface area contributed by atoms with Gasteiger partial charge >= 0.3 is 5.97 Å². The first-order valence-corrected chi connectivity index (χ1v) is 6.83. The van der Waals surface area contributed by atoms with E-state index >= 15 is 0 Å². The van der Waals surface area contributed by atoms with E-state index < -0.39 is 0 Å². The standard InChI is InChI=1S/C12H13N3O2S/c1-2-17-11(16)10-6-18-12(14-10)15-5-9(13-7-15)8-3-4-8/h5-8H,2-4H2,1H3. The average molecular weight is 263 g/mol. The number of aromatic nitrogens is 3. The highest BCUT2D eigenvalue weighted by atomic mass is 32.1. The second kappa shape index (κ2) is 4.53. The van der Waals surface area contributed by atoms with E-state index in [4.69, 9.17) is 4.74 Å². The molecule has 0 radical (unpaired) electrons. The third-order valence-electron chi connectivity index (χ3n) is 2.80. The molecule has 1 aliphatic carbocycles. The van der Waals surface area contributed by atoms with Gasteiger partial charge < -0.3 is 4.74 Å². The van der Waals surface area contributed by atoms with Crippen molar-refractivity contribution < 1.29 is 9.53 Å². The SMILES string of the molecule is CCOC(=O)c1csc(-n2cnc(C3CC3)c2)n1. The molecule has 18 heavy (non-hydrogen) atoms. The zero-order valence-electron chi connectivity index (χ0n) is 10.00. The van der Waals surface area contributed by atoms with Gasteiger partial charge in [0.15, 0.2) is 10.8 Å². The zero-order chi connectivity index (χ0) is 12.5. The number of ether oxygens (including phenoxy) is 1. The number of thiazole rings is 1. The molecular formula is C12H13N3O2S. The largest absolute Gasteiger partial charge is 0.461 e. The number of hydrogen-bond donors (Lipinski definition) is 0. The summed E-state index contributed by atoms with van der Waals surface area (Å²) in [4.78, 5) is 20.1. The van der Waals surface area contributed by atoms with Crippen LogP contribution in [0.4, 0.5) is 0 Å². The van der Waals surface area contributed by atoms with Gasteiger partial charge in [0, 0.05) is 17.5 Å². The van der Waals surface area contributed by atoms with Crippen molar-refractivity contribution in [3.63, 3.8) is 0 Å². The van der Waals surface area contributed by atoms with Crippen LogP contribution >= 0.6 is 11.3 Å². The van der Waals surface area contributed by atoms with Gasteiger partial charge in [0.2, 0.25) is 0 Å². The van der Waals surface area contributed by atoms with E-state index in [-0.39, 0.29) is 5.97 Å². The van der Waals surface area contributed by atoms with Crippen LogP contribution in [0.3, 0.4) is 0 Å². The maximum absolute atomic E-state index is 11.5. The molecule has 94 valence electrons. The van der Waals surface area contributed by atoms with E-state index in [2.05, 4.69) is 9.97 Å². The van der Waals surface area contributed by atoms with E-state index in [1.54, 1.807) is 18.6 Å². The van der Waals surface area contributed by atoms with Gasteiger partial charge in [-0.2, -0.15) is 0 Å². The third kappa shape index (κ3) is 2.15. The molecule has 0 unspecified atom stereocenters. The van der Waals surface area contributed by atoms with Crippen LogP contribution in [0.25, 0.3) is 5.13 Å². The summed E-state index contributed by atoms with van der Waals surface area (Å²) in [5.41, 5.74) is 1.47. The van der Waals surface area contributed by atoms with Gasteiger partial charge in [-0.05, 0) is 19.8 Å². The Labute approximate surface area is 108 Å². The summed E-state index contributed by atoms with van der Waals surface area (Å²) in [6.07, 6.45) is 6.19. The second-order valence-corrected chi connectivity index (χ2v) is 5.05. The van der Waals surface area contributed by atoms with Crippen LogP contribution in [0.2, 0.25) is 0 Å². The molecule has 0 bridgehead atoms. The summed E-state index contributed by atoms with van der Waals surface area (Å²) < 4.78 is 6.77. The zero-order valence-corrected chi connectivity index (χ0v) is 10.8. The molecule has 2 heterocycles. The molecule has 0 aliphatic heterocycles. The third-order valence-corrected chi connectivity index (χ3v) is 3.65. The Morgan fingerprint density at radius 1 is 1.61 bits per heavy atom. The molecule has 2 aromatic rings. The van der Waals surface area contributed by atoms with Gasteiger partial charge in [-0.25, -0.2) is 14.8 Å². The number of carbonyl (C=O) groups excluding carboxylic acids is 1. The Morgan fingerprint density at radius 2 is 2.44 bits per heavy atom. The molecule has 0 saturated heterocycles. The van der Waals surface area contributed by atoms with Crippen LogP contribution in [0, 0.1) is 0 Å². The molecule has 0 amide bonds. The van der Waals surface area contributed by atoms with E-state index in [0.717, 1.165) is 10.8 Å². The molecular weight excluding hydrogens is 250 g/mol. The molecule has 0 N–H and O–H groups in total. The monoisotopic (exact) mass is 263 g/mol. The fourth-order valence-corrected chi connectivity index (χ4v) is 2.45. The van der Waals surface area contributed by atoms with Crippen molar-refractivity contribution in [3.05, 3.63) is 29.3 Å². The van der Waals surface area contributed by atoms with Crippen LogP contribution < -0.4 is 0 Å². The molecule has 6 heteroatoms. The summed E-state index contributed by atoms with van der Waals surface area (Å²) in [5, 5.41) is 2.46. The van der Waals surface area contributed by atoms with Gasteiger partial charge in [-0.3, -0.25) is 4.57 Å². The van der Waals surface area contributed by atoms with Crippen molar-refractivity contribution in [2.75, 3.05) is 6.61 Å². The smallest absolute Gasteiger partial charge is 0.357 e. The summed E-state index contributed by atoms with van der Waals surface area (Å²) in [6.45, 7) is 2.14. The maximum atomic E-state index is 11.5. The molecule has 0 spiro atoms. The van der Waals surface area contributed by atoms with Crippen molar-refractivity contribution in [2.45, 2.75) is 25.7 Å². The molecule has 2 aromatic heterocycles.